The van der Waals surface area contributed by atoms with Crippen molar-refractivity contribution in [1.82, 2.24) is 9.78 Å². The Bertz CT molecular complexity index is 475. The van der Waals surface area contributed by atoms with Crippen LogP contribution in [0.2, 0.25) is 0 Å². The van der Waals surface area contributed by atoms with Gasteiger partial charge in [-0.1, -0.05) is 30.7 Å². The normalized spacial score (nSPS) is 12.3. The minimum Gasteiger partial charge on any atom is -0.480 e. The molecule has 1 aromatic rings. The molecular weight excluding hydrogens is 252 g/mol. The molecule has 1 aromatic heterocycles. The minimum absolute atomic E-state index is 0.105. The van der Waals surface area contributed by atoms with E-state index in [0.717, 1.165) is 17.8 Å². The van der Waals surface area contributed by atoms with E-state index in [9.17, 15) is 4.79 Å². The fourth-order valence-electron chi connectivity index (χ4n) is 1.52. The quantitative estimate of drug-likeness (QED) is 0.807. The predicted molar refractivity (Wildman–Crippen MR) is 71.7 cm³/mol. The number of nitrogens with zero attached hydrogens (tertiary/aromatic N) is 2. The maximum Gasteiger partial charge on any atom is 0.325 e. The first kappa shape index (κ1) is 14.5. The van der Waals surface area contributed by atoms with E-state index in [4.69, 9.17) is 16.7 Å². The van der Waals surface area contributed by atoms with Gasteiger partial charge in [-0.25, -0.2) is 0 Å². The topological polar surface area (TPSA) is 55.1 Å². The number of carboxylic acid groups (broad SMARTS) is 1. The molecule has 0 unspecified atom stereocenters. The summed E-state index contributed by atoms with van der Waals surface area (Å²) in [6, 6.07) is 1.88. The van der Waals surface area contributed by atoms with E-state index in [1.54, 1.807) is 0 Å². The number of aromatic nitrogens is 2. The lowest BCUT2D eigenvalue weighted by Gasteiger charge is -1.97. The summed E-state index contributed by atoms with van der Waals surface area (Å²) in [5, 5.41) is 13.6. The number of carboxylic acids is 1. The molecule has 1 rings (SSSR count). The fourth-order valence-corrected chi connectivity index (χ4v) is 1.77. The molecule has 0 saturated carbocycles. The molecule has 0 aliphatic rings. The largest absolute Gasteiger partial charge is 0.480 e. The average Bonchev–Trinajstić information content (AvgIpc) is 2.59. The summed E-state index contributed by atoms with van der Waals surface area (Å²) in [6.07, 6.45) is 7.21. The van der Waals surface area contributed by atoms with Crippen molar-refractivity contribution >= 4 is 17.6 Å². The summed E-state index contributed by atoms with van der Waals surface area (Å²) in [5.41, 5.74) is 1.68. The lowest BCUT2D eigenvalue weighted by Crippen LogP contribution is -2.11. The molecule has 0 aromatic carbocycles. The van der Waals surface area contributed by atoms with Gasteiger partial charge in [0.2, 0.25) is 0 Å². The van der Waals surface area contributed by atoms with Crippen LogP contribution in [-0.4, -0.2) is 20.9 Å². The van der Waals surface area contributed by atoms with Crippen molar-refractivity contribution < 1.29 is 9.90 Å². The highest BCUT2D eigenvalue weighted by atomic mass is 35.5. The van der Waals surface area contributed by atoms with Gasteiger partial charge in [0.15, 0.2) is 0 Å². The van der Waals surface area contributed by atoms with Gasteiger partial charge in [0.1, 0.15) is 6.54 Å². The molecular formula is C13H17ClN2O2. The Morgan fingerprint density at radius 3 is 2.94 bits per heavy atom. The minimum atomic E-state index is -0.891. The third kappa shape index (κ3) is 4.75. The first-order valence-corrected chi connectivity index (χ1v) is 6.18. The molecule has 4 nitrogen and oxygen atoms in total. The Kier molecular flexibility index (Phi) is 5.65. The van der Waals surface area contributed by atoms with Gasteiger partial charge in [0.05, 0.1) is 5.69 Å². The Balaban J connectivity index is 2.63. The van der Waals surface area contributed by atoms with Crippen molar-refractivity contribution in [2.45, 2.75) is 33.2 Å². The summed E-state index contributed by atoms with van der Waals surface area (Å²) >= 11 is 5.92. The highest BCUT2D eigenvalue weighted by Gasteiger charge is 2.06. The van der Waals surface area contributed by atoms with Crippen LogP contribution < -0.4 is 0 Å². The lowest BCUT2D eigenvalue weighted by molar-refractivity contribution is -0.137. The molecule has 0 radical (unpaired) electrons. The number of rotatable bonds is 6. The van der Waals surface area contributed by atoms with Crippen molar-refractivity contribution in [3.63, 3.8) is 0 Å². The standard InChI is InChI=1S/C13H17ClN2O2/c1-3-5-11(14)6-4-7-12-8-10(2)16(15-12)9-13(17)18/h4-6,8H,3,7,9H2,1-2H3,(H,17,18)/b6-4-,11-5+. The summed E-state index contributed by atoms with van der Waals surface area (Å²) in [4.78, 5) is 10.6. The summed E-state index contributed by atoms with van der Waals surface area (Å²) < 4.78 is 1.48. The Labute approximate surface area is 112 Å². The molecule has 5 heteroatoms. The summed E-state index contributed by atoms with van der Waals surface area (Å²) in [6.45, 7) is 3.76. The van der Waals surface area contributed by atoms with Crippen LogP contribution in [0.4, 0.5) is 0 Å². The molecule has 1 N–H and O–H groups in total. The van der Waals surface area contributed by atoms with E-state index in [0.29, 0.717) is 11.5 Å². The molecule has 0 spiro atoms. The monoisotopic (exact) mass is 268 g/mol. The fraction of sp³-hybridized carbons (Fsp3) is 0.385. The summed E-state index contributed by atoms with van der Waals surface area (Å²) in [7, 11) is 0. The Morgan fingerprint density at radius 1 is 1.61 bits per heavy atom. The third-order valence-electron chi connectivity index (χ3n) is 2.32. The molecule has 0 aliphatic carbocycles. The van der Waals surface area contributed by atoms with Crippen LogP contribution in [0.15, 0.2) is 29.3 Å². The number of aryl methyl sites for hydroxylation is 1. The molecule has 18 heavy (non-hydrogen) atoms. The van der Waals surface area contributed by atoms with Gasteiger partial charge in [-0.05, 0) is 25.5 Å². The van der Waals surface area contributed by atoms with Crippen LogP contribution in [-0.2, 0) is 17.8 Å². The van der Waals surface area contributed by atoms with E-state index < -0.39 is 5.97 Å². The second kappa shape index (κ2) is 7.01. The van der Waals surface area contributed by atoms with Crippen molar-refractivity contribution in [3.05, 3.63) is 40.7 Å². The lowest BCUT2D eigenvalue weighted by atomic mass is 10.2. The Hall–Kier alpha value is -1.55. The van der Waals surface area contributed by atoms with Gasteiger partial charge in [-0.3, -0.25) is 9.48 Å². The zero-order chi connectivity index (χ0) is 13.5. The Morgan fingerprint density at radius 2 is 2.33 bits per heavy atom. The van der Waals surface area contributed by atoms with E-state index in [2.05, 4.69) is 5.10 Å². The van der Waals surface area contributed by atoms with Crippen LogP contribution in [0.5, 0.6) is 0 Å². The number of aliphatic carboxylic acids is 1. The SMILES string of the molecule is CC/C=C(Cl)\C=C/Cc1cc(C)n(CC(=O)O)n1. The van der Waals surface area contributed by atoms with Gasteiger partial charge in [-0.15, -0.1) is 0 Å². The molecule has 0 aliphatic heterocycles. The van der Waals surface area contributed by atoms with Gasteiger partial charge in [0.25, 0.3) is 0 Å². The van der Waals surface area contributed by atoms with Gasteiger partial charge in [0, 0.05) is 17.1 Å². The van der Waals surface area contributed by atoms with Crippen molar-refractivity contribution in [2.75, 3.05) is 0 Å². The molecule has 0 amide bonds. The highest BCUT2D eigenvalue weighted by molar-refractivity contribution is 6.31. The smallest absolute Gasteiger partial charge is 0.325 e. The molecule has 0 atom stereocenters. The highest BCUT2D eigenvalue weighted by Crippen LogP contribution is 2.08. The van der Waals surface area contributed by atoms with Crippen molar-refractivity contribution in [3.8, 4) is 0 Å². The number of hydrogen-bond donors (Lipinski definition) is 1. The maximum absolute atomic E-state index is 10.6. The number of allylic oxidation sites excluding steroid dienone is 4. The first-order valence-electron chi connectivity index (χ1n) is 5.80. The maximum atomic E-state index is 10.6. The van der Waals surface area contributed by atoms with Crippen molar-refractivity contribution in [2.24, 2.45) is 0 Å². The van der Waals surface area contributed by atoms with E-state index >= 15 is 0 Å². The molecule has 1 heterocycles. The van der Waals surface area contributed by atoms with Crippen molar-refractivity contribution in [1.29, 1.82) is 0 Å². The van der Waals surface area contributed by atoms with Gasteiger partial charge in [-0.2, -0.15) is 5.10 Å². The van der Waals surface area contributed by atoms with Crippen LogP contribution >= 0.6 is 11.6 Å². The zero-order valence-electron chi connectivity index (χ0n) is 10.6. The van der Waals surface area contributed by atoms with E-state index in [1.165, 1.54) is 4.68 Å². The number of hydrogen-bond acceptors (Lipinski definition) is 2. The van der Waals surface area contributed by atoms with Crippen LogP contribution in [0.3, 0.4) is 0 Å². The summed E-state index contributed by atoms with van der Waals surface area (Å²) in [5.74, 6) is -0.891. The van der Waals surface area contributed by atoms with Crippen LogP contribution in [0.1, 0.15) is 24.7 Å². The van der Waals surface area contributed by atoms with Gasteiger partial charge >= 0.3 is 5.97 Å². The van der Waals surface area contributed by atoms with Crippen LogP contribution in [0, 0.1) is 6.92 Å². The van der Waals surface area contributed by atoms with Gasteiger partial charge < -0.3 is 5.11 Å². The second-order valence-corrected chi connectivity index (χ2v) is 4.37. The number of halogens is 1. The van der Waals surface area contributed by atoms with E-state index in [-0.39, 0.29) is 6.54 Å². The third-order valence-corrected chi connectivity index (χ3v) is 2.60. The average molecular weight is 269 g/mol. The molecule has 98 valence electrons. The second-order valence-electron chi connectivity index (χ2n) is 3.93. The first-order chi connectivity index (χ1) is 8.52. The van der Waals surface area contributed by atoms with Crippen LogP contribution in [0.25, 0.3) is 0 Å². The molecule has 0 bridgehead atoms. The molecule has 0 fully saturated rings. The molecule has 0 saturated heterocycles. The predicted octanol–water partition coefficient (Wildman–Crippen LogP) is 2.91. The van der Waals surface area contributed by atoms with E-state index in [1.807, 2.05) is 38.1 Å². The number of carbonyl (C=O) groups is 1. The zero-order valence-corrected chi connectivity index (χ0v) is 11.3.